The summed E-state index contributed by atoms with van der Waals surface area (Å²) in [6.45, 7) is 1.62. The highest BCUT2D eigenvalue weighted by atomic mass is 16.6. The van der Waals surface area contributed by atoms with Crippen LogP contribution in [0, 0.1) is 10.1 Å². The second-order valence-corrected chi connectivity index (χ2v) is 5.87. The topological polar surface area (TPSA) is 110 Å². The number of nitro benzene ring substituents is 1. The Morgan fingerprint density at radius 2 is 2.00 bits per heavy atom. The van der Waals surface area contributed by atoms with Gasteiger partial charge in [-0.3, -0.25) is 19.8 Å². The summed E-state index contributed by atoms with van der Waals surface area (Å²) in [5.74, 6) is -1.74. The van der Waals surface area contributed by atoms with Crippen LogP contribution < -0.4 is 9.64 Å². The van der Waals surface area contributed by atoms with Gasteiger partial charge in [-0.2, -0.15) is 0 Å². The third-order valence-corrected chi connectivity index (χ3v) is 4.14. The number of carboxylic acids is 1. The average Bonchev–Trinajstić information content (AvgIpc) is 2.65. The zero-order chi connectivity index (χ0) is 19.6. The summed E-state index contributed by atoms with van der Waals surface area (Å²) in [6.07, 6.45) is 1.63. The molecular weight excluding hydrogens is 352 g/mol. The van der Waals surface area contributed by atoms with Crippen LogP contribution in [0.15, 0.2) is 54.3 Å². The summed E-state index contributed by atoms with van der Waals surface area (Å²) in [7, 11) is 0. The quantitative estimate of drug-likeness (QED) is 0.493. The molecule has 1 aliphatic rings. The molecule has 0 aromatic heterocycles. The maximum absolute atomic E-state index is 13.0. The zero-order valence-corrected chi connectivity index (χ0v) is 14.4. The highest BCUT2D eigenvalue weighted by molar-refractivity contribution is 6.12. The van der Waals surface area contributed by atoms with Gasteiger partial charge in [0.2, 0.25) is 0 Å². The first-order valence-electron chi connectivity index (χ1n) is 8.21. The molecule has 2 aromatic rings. The monoisotopic (exact) mass is 368 g/mol. The Hall–Kier alpha value is -3.68. The number of hydrogen-bond donors (Lipinski definition) is 1. The van der Waals surface area contributed by atoms with E-state index < -0.39 is 22.8 Å². The molecule has 27 heavy (non-hydrogen) atoms. The van der Waals surface area contributed by atoms with Gasteiger partial charge < -0.3 is 9.84 Å². The first kappa shape index (κ1) is 18.1. The number of anilines is 1. The number of carbonyl (C=O) groups excluding carboxylic acids is 1. The van der Waals surface area contributed by atoms with E-state index in [-0.39, 0.29) is 29.3 Å². The number of nitrogens with zero attached hydrogens (tertiary/aromatic N) is 2. The highest BCUT2D eigenvalue weighted by Gasteiger charge is 2.38. The molecule has 1 aliphatic heterocycles. The fraction of sp³-hybridized carbons (Fsp3) is 0.158. The van der Waals surface area contributed by atoms with Gasteiger partial charge in [0, 0.05) is 12.1 Å². The van der Waals surface area contributed by atoms with E-state index >= 15 is 0 Å². The van der Waals surface area contributed by atoms with E-state index in [1.54, 1.807) is 31.2 Å². The summed E-state index contributed by atoms with van der Waals surface area (Å²) >= 11 is 0. The normalized spacial score (nSPS) is 15.8. The lowest BCUT2D eigenvalue weighted by Gasteiger charge is -2.34. The zero-order valence-electron chi connectivity index (χ0n) is 14.4. The lowest BCUT2D eigenvalue weighted by Crippen LogP contribution is -2.48. The summed E-state index contributed by atoms with van der Waals surface area (Å²) in [4.78, 5) is 36.2. The van der Waals surface area contributed by atoms with Crippen molar-refractivity contribution in [2.75, 3.05) is 4.90 Å². The summed E-state index contributed by atoms with van der Waals surface area (Å²) in [6, 6.07) is 11.5. The van der Waals surface area contributed by atoms with Gasteiger partial charge in [0.15, 0.2) is 11.5 Å². The fourth-order valence-corrected chi connectivity index (χ4v) is 2.85. The van der Waals surface area contributed by atoms with Crippen molar-refractivity contribution in [3.05, 3.63) is 70.0 Å². The van der Waals surface area contributed by atoms with E-state index in [0.29, 0.717) is 5.56 Å². The van der Waals surface area contributed by atoms with Gasteiger partial charge in [-0.1, -0.05) is 37.3 Å². The van der Waals surface area contributed by atoms with Crippen LogP contribution >= 0.6 is 0 Å². The molecule has 0 saturated heterocycles. The van der Waals surface area contributed by atoms with Crippen molar-refractivity contribution in [2.45, 2.75) is 19.4 Å². The van der Waals surface area contributed by atoms with Crippen LogP contribution in [0.2, 0.25) is 0 Å². The first-order valence-corrected chi connectivity index (χ1v) is 8.21. The van der Waals surface area contributed by atoms with Crippen molar-refractivity contribution in [1.29, 1.82) is 0 Å². The lowest BCUT2D eigenvalue weighted by molar-refractivity contribution is -0.384. The Morgan fingerprint density at radius 1 is 1.30 bits per heavy atom. The number of carboxylic acid groups (broad SMARTS) is 1. The molecule has 0 saturated carbocycles. The van der Waals surface area contributed by atoms with Crippen LogP contribution in [0.1, 0.15) is 18.9 Å². The van der Waals surface area contributed by atoms with Crippen LogP contribution in [0.4, 0.5) is 11.4 Å². The molecule has 8 heteroatoms. The van der Waals surface area contributed by atoms with Crippen LogP contribution in [0.5, 0.6) is 5.75 Å². The standard InChI is InChI=1S/C19H16N2O6/c1-2-14(19(23)24)20-15-11-13(21(25)26)8-9-16(15)27-17(18(20)22)10-12-6-4-3-5-7-12/h3-11,14H,2H2,1H3,(H,23,24)/b17-10+. The number of fused-ring (bicyclic) bond motifs is 1. The molecule has 1 atom stereocenters. The Bertz CT molecular complexity index is 938. The second-order valence-electron chi connectivity index (χ2n) is 5.87. The number of benzene rings is 2. The molecule has 0 fully saturated rings. The molecule has 0 spiro atoms. The van der Waals surface area contributed by atoms with Gasteiger partial charge in [0.1, 0.15) is 6.04 Å². The number of nitro groups is 1. The molecule has 1 N–H and O–H groups in total. The number of hydrogen-bond acceptors (Lipinski definition) is 5. The first-order chi connectivity index (χ1) is 12.9. The SMILES string of the molecule is CCC(C(=O)O)N1C(=O)/C(=C\c2ccccc2)Oc2ccc([N+](=O)[O-])cc21. The van der Waals surface area contributed by atoms with Crippen LogP contribution in [0.25, 0.3) is 6.08 Å². The molecule has 0 radical (unpaired) electrons. The van der Waals surface area contributed by atoms with Gasteiger partial charge in [-0.25, -0.2) is 4.79 Å². The predicted octanol–water partition coefficient (Wildman–Crippen LogP) is 3.22. The Balaban J connectivity index is 2.15. The minimum atomic E-state index is -1.20. The maximum atomic E-state index is 13.0. The minimum absolute atomic E-state index is 0.0535. The fourth-order valence-electron chi connectivity index (χ4n) is 2.85. The molecule has 1 amide bonds. The van der Waals surface area contributed by atoms with Gasteiger partial charge in [-0.05, 0) is 24.1 Å². The van der Waals surface area contributed by atoms with E-state index in [2.05, 4.69) is 0 Å². The van der Waals surface area contributed by atoms with Crippen molar-refractivity contribution in [3.8, 4) is 5.75 Å². The number of aliphatic carboxylic acids is 1. The van der Waals surface area contributed by atoms with Crippen LogP contribution in [0.3, 0.4) is 0 Å². The summed E-state index contributed by atoms with van der Waals surface area (Å²) in [5, 5.41) is 20.6. The number of ether oxygens (including phenoxy) is 1. The number of carbonyl (C=O) groups is 2. The highest BCUT2D eigenvalue weighted by Crippen LogP contribution is 2.40. The molecule has 0 bridgehead atoms. The van der Waals surface area contributed by atoms with Crippen LogP contribution in [-0.4, -0.2) is 27.9 Å². The smallest absolute Gasteiger partial charge is 0.326 e. The Kier molecular flexibility index (Phi) is 4.89. The largest absolute Gasteiger partial charge is 0.480 e. The lowest BCUT2D eigenvalue weighted by atomic mass is 10.1. The van der Waals surface area contributed by atoms with Crippen molar-refractivity contribution in [2.24, 2.45) is 0 Å². The molecule has 0 aliphatic carbocycles. The molecule has 2 aromatic carbocycles. The third kappa shape index (κ3) is 3.50. The van der Waals surface area contributed by atoms with Crippen molar-refractivity contribution in [1.82, 2.24) is 0 Å². The van der Waals surface area contributed by atoms with E-state index in [1.165, 1.54) is 18.2 Å². The summed E-state index contributed by atoms with van der Waals surface area (Å²) in [5.41, 5.74) is 0.508. The molecule has 3 rings (SSSR count). The van der Waals surface area contributed by atoms with Gasteiger partial charge in [0.25, 0.3) is 11.6 Å². The Morgan fingerprint density at radius 3 is 2.59 bits per heavy atom. The predicted molar refractivity (Wildman–Crippen MR) is 97.3 cm³/mol. The Labute approximate surface area is 154 Å². The summed E-state index contributed by atoms with van der Waals surface area (Å²) < 4.78 is 5.64. The molecule has 1 unspecified atom stereocenters. The van der Waals surface area contributed by atoms with E-state index in [0.717, 1.165) is 11.0 Å². The number of non-ortho nitro benzene ring substituents is 1. The average molecular weight is 368 g/mol. The molecule has 138 valence electrons. The van der Waals surface area contributed by atoms with E-state index in [1.807, 2.05) is 6.07 Å². The second kappa shape index (κ2) is 7.28. The van der Waals surface area contributed by atoms with Gasteiger partial charge in [0.05, 0.1) is 10.6 Å². The minimum Gasteiger partial charge on any atom is -0.480 e. The van der Waals surface area contributed by atoms with Crippen molar-refractivity contribution in [3.63, 3.8) is 0 Å². The van der Waals surface area contributed by atoms with Crippen molar-refractivity contribution >= 4 is 29.3 Å². The van der Waals surface area contributed by atoms with Gasteiger partial charge in [-0.15, -0.1) is 0 Å². The van der Waals surface area contributed by atoms with Crippen LogP contribution in [-0.2, 0) is 9.59 Å². The maximum Gasteiger partial charge on any atom is 0.326 e. The molecular formula is C19H16N2O6. The number of amides is 1. The number of rotatable bonds is 5. The van der Waals surface area contributed by atoms with E-state index in [4.69, 9.17) is 4.74 Å². The molecule has 1 heterocycles. The van der Waals surface area contributed by atoms with Crippen molar-refractivity contribution < 1.29 is 24.4 Å². The van der Waals surface area contributed by atoms with Gasteiger partial charge >= 0.3 is 5.97 Å². The van der Waals surface area contributed by atoms with E-state index in [9.17, 15) is 24.8 Å². The molecule has 8 nitrogen and oxygen atoms in total. The third-order valence-electron chi connectivity index (χ3n) is 4.14.